The van der Waals surface area contributed by atoms with E-state index in [-0.39, 0.29) is 11.4 Å². The number of hydrogen-bond acceptors (Lipinski definition) is 3. The Kier molecular flexibility index (Phi) is 5.10. The lowest BCUT2D eigenvalue weighted by Gasteiger charge is -2.13. The van der Waals surface area contributed by atoms with E-state index in [9.17, 15) is 22.8 Å². The molecule has 0 radical (unpaired) electrons. The maximum atomic E-state index is 13.0. The fourth-order valence-electron chi connectivity index (χ4n) is 3.33. The lowest BCUT2D eigenvalue weighted by atomic mass is 9.97. The first-order valence-electron chi connectivity index (χ1n) is 9.35. The Bertz CT molecular complexity index is 1340. The summed E-state index contributed by atoms with van der Waals surface area (Å²) >= 11 is 0. The van der Waals surface area contributed by atoms with Gasteiger partial charge < -0.3 is 9.73 Å². The first kappa shape index (κ1) is 20.4. The SMILES string of the molecule is Cc1ccc(-c2c(C(=O)Nc3cccc(C(F)(F)F)c3)oc(=O)c3ccccc23)cc1. The van der Waals surface area contributed by atoms with E-state index in [1.807, 2.05) is 19.1 Å². The highest BCUT2D eigenvalue weighted by atomic mass is 19.4. The minimum Gasteiger partial charge on any atom is -0.416 e. The van der Waals surface area contributed by atoms with E-state index in [1.54, 1.807) is 36.4 Å². The van der Waals surface area contributed by atoms with Gasteiger partial charge in [0.25, 0.3) is 5.91 Å². The summed E-state index contributed by atoms with van der Waals surface area (Å²) in [5.41, 5.74) is 0.356. The molecule has 1 heterocycles. The van der Waals surface area contributed by atoms with Crippen LogP contribution in [0.4, 0.5) is 18.9 Å². The number of halogens is 3. The van der Waals surface area contributed by atoms with Crippen LogP contribution in [0.3, 0.4) is 0 Å². The van der Waals surface area contributed by atoms with Crippen molar-refractivity contribution in [2.75, 3.05) is 5.32 Å². The Balaban J connectivity index is 1.85. The zero-order chi connectivity index (χ0) is 22.2. The first-order valence-corrected chi connectivity index (χ1v) is 9.35. The molecule has 0 aliphatic carbocycles. The largest absolute Gasteiger partial charge is 0.416 e. The number of nitrogens with one attached hydrogen (secondary N) is 1. The lowest BCUT2D eigenvalue weighted by Crippen LogP contribution is -2.17. The van der Waals surface area contributed by atoms with Gasteiger partial charge in [-0.15, -0.1) is 0 Å². The molecule has 0 bridgehead atoms. The predicted octanol–water partition coefficient (Wildman–Crippen LogP) is 6.04. The lowest BCUT2D eigenvalue weighted by molar-refractivity contribution is -0.137. The molecule has 1 aromatic heterocycles. The maximum absolute atomic E-state index is 13.0. The first-order chi connectivity index (χ1) is 14.7. The predicted molar refractivity (Wildman–Crippen MR) is 112 cm³/mol. The molecule has 7 heteroatoms. The van der Waals surface area contributed by atoms with Crippen molar-refractivity contribution >= 4 is 22.4 Å². The van der Waals surface area contributed by atoms with E-state index in [1.165, 1.54) is 12.1 Å². The molecule has 156 valence electrons. The quantitative estimate of drug-likeness (QED) is 0.437. The normalized spacial score (nSPS) is 11.5. The number of rotatable bonds is 3. The number of benzene rings is 3. The highest BCUT2D eigenvalue weighted by Crippen LogP contribution is 2.33. The second kappa shape index (κ2) is 7.75. The summed E-state index contributed by atoms with van der Waals surface area (Å²) in [7, 11) is 0. The molecule has 0 saturated carbocycles. The van der Waals surface area contributed by atoms with Crippen molar-refractivity contribution in [3.05, 3.63) is 100 Å². The highest BCUT2D eigenvalue weighted by Gasteiger charge is 2.30. The average Bonchev–Trinajstić information content (AvgIpc) is 2.74. The zero-order valence-corrected chi connectivity index (χ0v) is 16.3. The Morgan fingerprint density at radius 2 is 1.58 bits per heavy atom. The number of alkyl halides is 3. The molecule has 0 spiro atoms. The Morgan fingerprint density at radius 1 is 0.903 bits per heavy atom. The van der Waals surface area contributed by atoms with E-state index in [0.29, 0.717) is 21.9 Å². The van der Waals surface area contributed by atoms with Crippen LogP contribution < -0.4 is 10.9 Å². The summed E-state index contributed by atoms with van der Waals surface area (Å²) in [6, 6.07) is 18.2. The molecule has 0 aliphatic heterocycles. The van der Waals surface area contributed by atoms with Crippen LogP contribution in [-0.2, 0) is 6.18 Å². The smallest absolute Gasteiger partial charge is 0.416 e. The summed E-state index contributed by atoms with van der Waals surface area (Å²) in [5.74, 6) is -1.09. The minimum absolute atomic E-state index is 0.0644. The summed E-state index contributed by atoms with van der Waals surface area (Å²) < 4.78 is 44.4. The molecular formula is C24H16F3NO3. The van der Waals surface area contributed by atoms with Gasteiger partial charge in [0.2, 0.25) is 5.76 Å². The average molecular weight is 423 g/mol. The fourth-order valence-corrected chi connectivity index (χ4v) is 3.33. The van der Waals surface area contributed by atoms with E-state index in [4.69, 9.17) is 4.42 Å². The molecule has 0 fully saturated rings. The molecule has 31 heavy (non-hydrogen) atoms. The van der Waals surface area contributed by atoms with Crippen LogP contribution in [0, 0.1) is 6.92 Å². The van der Waals surface area contributed by atoms with Gasteiger partial charge in [0.05, 0.1) is 10.9 Å². The molecule has 4 rings (SSSR count). The fraction of sp³-hybridized carbons (Fsp3) is 0.0833. The molecule has 0 aliphatic rings. The molecule has 0 saturated heterocycles. The van der Waals surface area contributed by atoms with Gasteiger partial charge >= 0.3 is 11.8 Å². The molecule has 0 atom stereocenters. The van der Waals surface area contributed by atoms with Gasteiger partial charge in [-0.3, -0.25) is 4.79 Å². The highest BCUT2D eigenvalue weighted by molar-refractivity contribution is 6.11. The number of carbonyl (C=O) groups excluding carboxylic acids is 1. The number of carbonyl (C=O) groups is 1. The minimum atomic E-state index is -4.55. The molecule has 0 unspecified atom stereocenters. The van der Waals surface area contributed by atoms with Crippen LogP contribution in [-0.4, -0.2) is 5.91 Å². The molecule has 4 aromatic rings. The summed E-state index contributed by atoms with van der Waals surface area (Å²) in [6.07, 6.45) is -4.55. The van der Waals surface area contributed by atoms with Crippen molar-refractivity contribution in [1.29, 1.82) is 0 Å². The van der Waals surface area contributed by atoms with Crippen molar-refractivity contribution in [3.63, 3.8) is 0 Å². The van der Waals surface area contributed by atoms with Crippen LogP contribution in [0.5, 0.6) is 0 Å². The van der Waals surface area contributed by atoms with E-state index in [2.05, 4.69) is 5.32 Å². The number of hydrogen-bond donors (Lipinski definition) is 1. The van der Waals surface area contributed by atoms with Crippen molar-refractivity contribution in [3.8, 4) is 11.1 Å². The van der Waals surface area contributed by atoms with Gasteiger partial charge in [-0.1, -0.05) is 54.1 Å². The summed E-state index contributed by atoms with van der Waals surface area (Å²) in [6.45, 7) is 1.91. The van der Waals surface area contributed by atoms with Gasteiger partial charge in [-0.2, -0.15) is 13.2 Å². The third-order valence-corrected chi connectivity index (χ3v) is 4.83. The van der Waals surface area contributed by atoms with Crippen molar-refractivity contribution < 1.29 is 22.4 Å². The van der Waals surface area contributed by atoms with Gasteiger partial charge in [-0.25, -0.2) is 4.79 Å². The van der Waals surface area contributed by atoms with Crippen LogP contribution in [0.15, 0.2) is 82.0 Å². The van der Waals surface area contributed by atoms with Crippen LogP contribution in [0.2, 0.25) is 0 Å². The topological polar surface area (TPSA) is 59.3 Å². The Labute approximate surface area is 174 Å². The Hall–Kier alpha value is -3.87. The van der Waals surface area contributed by atoms with Crippen molar-refractivity contribution in [2.45, 2.75) is 13.1 Å². The number of fused-ring (bicyclic) bond motifs is 1. The monoisotopic (exact) mass is 423 g/mol. The van der Waals surface area contributed by atoms with Crippen LogP contribution in [0.25, 0.3) is 21.9 Å². The third kappa shape index (κ3) is 4.07. The van der Waals surface area contributed by atoms with Crippen LogP contribution >= 0.6 is 0 Å². The third-order valence-electron chi connectivity index (χ3n) is 4.83. The maximum Gasteiger partial charge on any atom is 0.416 e. The summed E-state index contributed by atoms with van der Waals surface area (Å²) in [5, 5.41) is 3.22. The van der Waals surface area contributed by atoms with Crippen LogP contribution in [0.1, 0.15) is 21.7 Å². The molecule has 1 amide bonds. The standard InChI is InChI=1S/C24H16F3NO3/c1-14-9-11-15(12-10-14)20-18-7-2-3-8-19(18)23(30)31-21(20)22(29)28-17-6-4-5-16(13-17)24(25,26)27/h2-13H,1H3,(H,28,29). The van der Waals surface area contributed by atoms with E-state index in [0.717, 1.165) is 17.7 Å². The Morgan fingerprint density at radius 3 is 2.26 bits per heavy atom. The zero-order valence-electron chi connectivity index (χ0n) is 16.3. The van der Waals surface area contributed by atoms with E-state index >= 15 is 0 Å². The molecular weight excluding hydrogens is 407 g/mol. The second-order valence-corrected chi connectivity index (χ2v) is 7.04. The number of aryl methyl sites for hydroxylation is 1. The second-order valence-electron chi connectivity index (χ2n) is 7.04. The number of amides is 1. The van der Waals surface area contributed by atoms with Crippen molar-refractivity contribution in [1.82, 2.24) is 0 Å². The molecule has 4 nitrogen and oxygen atoms in total. The van der Waals surface area contributed by atoms with Gasteiger partial charge in [0.15, 0.2) is 0 Å². The molecule has 3 aromatic carbocycles. The summed E-state index contributed by atoms with van der Waals surface area (Å²) in [4.78, 5) is 25.5. The van der Waals surface area contributed by atoms with Gasteiger partial charge in [0, 0.05) is 16.6 Å². The molecule has 1 N–H and O–H groups in total. The van der Waals surface area contributed by atoms with E-state index < -0.39 is 23.3 Å². The number of anilines is 1. The van der Waals surface area contributed by atoms with Gasteiger partial charge in [-0.05, 0) is 36.8 Å². The van der Waals surface area contributed by atoms with Crippen molar-refractivity contribution in [2.24, 2.45) is 0 Å². The van der Waals surface area contributed by atoms with Gasteiger partial charge in [0.1, 0.15) is 0 Å².